The second-order valence-electron chi connectivity index (χ2n) is 2.48. The predicted molar refractivity (Wildman–Crippen MR) is 59.2 cm³/mol. The Morgan fingerprint density at radius 2 is 2.23 bits per heavy atom. The van der Waals surface area contributed by atoms with Crippen molar-refractivity contribution >= 4 is 44.0 Å². The molecular formula is C9H3FINS. The first-order valence-electron chi connectivity index (χ1n) is 3.50. The molecule has 0 atom stereocenters. The Hall–Kier alpha value is -0.670. The Bertz CT molecular complexity index is 512. The van der Waals surface area contributed by atoms with Crippen molar-refractivity contribution in [2.75, 3.05) is 0 Å². The summed E-state index contributed by atoms with van der Waals surface area (Å²) in [6.45, 7) is 0. The maximum Gasteiger partial charge on any atom is 0.133 e. The highest BCUT2D eigenvalue weighted by atomic mass is 127. The average molecular weight is 303 g/mol. The van der Waals surface area contributed by atoms with Gasteiger partial charge in [-0.05, 0) is 34.7 Å². The lowest BCUT2D eigenvalue weighted by molar-refractivity contribution is 0.640. The molecule has 0 radical (unpaired) electrons. The largest absolute Gasteiger partial charge is 0.206 e. The van der Waals surface area contributed by atoms with Crippen LogP contribution in [0.3, 0.4) is 0 Å². The van der Waals surface area contributed by atoms with Crippen LogP contribution in [0.4, 0.5) is 4.39 Å². The highest BCUT2D eigenvalue weighted by Gasteiger charge is 2.12. The van der Waals surface area contributed by atoms with E-state index < -0.39 is 0 Å². The highest BCUT2D eigenvalue weighted by Crippen LogP contribution is 2.33. The molecule has 4 heteroatoms. The topological polar surface area (TPSA) is 23.8 Å². The SMILES string of the molecule is N#Cc1c(I)sc2cccc(F)c12. The number of thiophene rings is 1. The number of hydrogen-bond acceptors (Lipinski definition) is 2. The summed E-state index contributed by atoms with van der Waals surface area (Å²) in [5, 5.41) is 9.27. The highest BCUT2D eigenvalue weighted by molar-refractivity contribution is 14.1. The number of nitriles is 1. The van der Waals surface area contributed by atoms with Crippen LogP contribution < -0.4 is 0 Å². The van der Waals surface area contributed by atoms with Crippen molar-refractivity contribution in [2.45, 2.75) is 0 Å². The summed E-state index contributed by atoms with van der Waals surface area (Å²) in [7, 11) is 0. The van der Waals surface area contributed by atoms with E-state index in [-0.39, 0.29) is 5.82 Å². The van der Waals surface area contributed by atoms with Crippen LogP contribution in [-0.4, -0.2) is 0 Å². The molecule has 2 rings (SSSR count). The van der Waals surface area contributed by atoms with Crippen LogP contribution in [0.1, 0.15) is 5.56 Å². The van der Waals surface area contributed by atoms with Gasteiger partial charge in [0.1, 0.15) is 11.9 Å². The van der Waals surface area contributed by atoms with Gasteiger partial charge in [-0.3, -0.25) is 0 Å². The number of fused-ring (bicyclic) bond motifs is 1. The van der Waals surface area contributed by atoms with Gasteiger partial charge in [-0.15, -0.1) is 11.3 Å². The van der Waals surface area contributed by atoms with Crippen LogP contribution >= 0.6 is 33.9 Å². The van der Waals surface area contributed by atoms with Crippen molar-refractivity contribution in [2.24, 2.45) is 0 Å². The molecule has 1 heterocycles. The van der Waals surface area contributed by atoms with E-state index in [0.717, 1.165) is 7.58 Å². The molecule has 0 aliphatic carbocycles. The molecule has 0 aliphatic rings. The lowest BCUT2D eigenvalue weighted by Crippen LogP contribution is -1.78. The zero-order valence-corrected chi connectivity index (χ0v) is 9.32. The average Bonchev–Trinajstić information content (AvgIpc) is 2.42. The Morgan fingerprint density at radius 3 is 2.92 bits per heavy atom. The fraction of sp³-hybridized carbons (Fsp3) is 0. The first kappa shape index (κ1) is 8.91. The Labute approximate surface area is 91.9 Å². The summed E-state index contributed by atoms with van der Waals surface area (Å²) in [4.78, 5) is 0. The fourth-order valence-corrected chi connectivity index (χ4v) is 3.17. The zero-order valence-electron chi connectivity index (χ0n) is 6.34. The normalized spacial score (nSPS) is 10.2. The molecule has 0 saturated heterocycles. The smallest absolute Gasteiger partial charge is 0.133 e. The fourth-order valence-electron chi connectivity index (χ4n) is 1.18. The molecule has 1 aromatic heterocycles. The van der Waals surface area contributed by atoms with Gasteiger partial charge in [0, 0.05) is 10.1 Å². The van der Waals surface area contributed by atoms with Crippen molar-refractivity contribution in [3.63, 3.8) is 0 Å². The van der Waals surface area contributed by atoms with E-state index in [9.17, 15) is 4.39 Å². The molecule has 0 N–H and O–H groups in total. The van der Waals surface area contributed by atoms with Gasteiger partial charge in [0.05, 0.1) is 8.45 Å². The molecule has 0 spiro atoms. The number of nitrogens with zero attached hydrogens (tertiary/aromatic N) is 1. The molecule has 0 unspecified atom stereocenters. The summed E-state index contributed by atoms with van der Waals surface area (Å²) in [6, 6.07) is 6.89. The van der Waals surface area contributed by atoms with Gasteiger partial charge >= 0.3 is 0 Å². The molecule has 1 nitrogen and oxygen atoms in total. The van der Waals surface area contributed by atoms with E-state index in [1.54, 1.807) is 6.07 Å². The van der Waals surface area contributed by atoms with Gasteiger partial charge in [0.25, 0.3) is 0 Å². The molecule has 2 aromatic rings. The second-order valence-corrected chi connectivity index (χ2v) is 5.34. The summed E-state index contributed by atoms with van der Waals surface area (Å²) in [6.07, 6.45) is 0. The van der Waals surface area contributed by atoms with Crippen LogP contribution in [0.5, 0.6) is 0 Å². The molecule has 0 fully saturated rings. The van der Waals surface area contributed by atoms with Crippen molar-refractivity contribution in [1.29, 1.82) is 5.26 Å². The molecule has 0 bridgehead atoms. The Balaban J connectivity index is 2.99. The van der Waals surface area contributed by atoms with Crippen LogP contribution in [0.2, 0.25) is 0 Å². The van der Waals surface area contributed by atoms with Gasteiger partial charge in [-0.25, -0.2) is 4.39 Å². The van der Waals surface area contributed by atoms with Crippen LogP contribution in [0.15, 0.2) is 18.2 Å². The van der Waals surface area contributed by atoms with Crippen molar-refractivity contribution in [3.8, 4) is 6.07 Å². The number of benzene rings is 1. The van der Waals surface area contributed by atoms with Crippen LogP contribution in [0.25, 0.3) is 10.1 Å². The van der Waals surface area contributed by atoms with Gasteiger partial charge < -0.3 is 0 Å². The molecule has 1 aromatic carbocycles. The standard InChI is InChI=1S/C9H3FINS/c10-6-2-1-3-7-8(6)5(4-12)9(11)13-7/h1-3H. The second kappa shape index (κ2) is 3.24. The van der Waals surface area contributed by atoms with E-state index in [1.165, 1.54) is 17.4 Å². The third-order valence-electron chi connectivity index (χ3n) is 1.73. The minimum absolute atomic E-state index is 0.312. The first-order chi connectivity index (χ1) is 6.24. The quantitative estimate of drug-likeness (QED) is 0.683. The molecular weight excluding hydrogens is 300 g/mol. The summed E-state index contributed by atoms with van der Waals surface area (Å²) < 4.78 is 15.0. The monoisotopic (exact) mass is 303 g/mol. The summed E-state index contributed by atoms with van der Waals surface area (Å²) in [5.74, 6) is -0.312. The Morgan fingerprint density at radius 1 is 1.46 bits per heavy atom. The van der Waals surface area contributed by atoms with Crippen LogP contribution in [-0.2, 0) is 0 Å². The first-order valence-corrected chi connectivity index (χ1v) is 5.40. The third-order valence-corrected chi connectivity index (χ3v) is 3.88. The van der Waals surface area contributed by atoms with Gasteiger partial charge in [-0.2, -0.15) is 5.26 Å². The summed E-state index contributed by atoms with van der Waals surface area (Å²) >= 11 is 3.50. The predicted octanol–water partition coefficient (Wildman–Crippen LogP) is 3.52. The van der Waals surface area contributed by atoms with Crippen molar-refractivity contribution < 1.29 is 4.39 Å². The Kier molecular flexibility index (Phi) is 2.22. The van der Waals surface area contributed by atoms with E-state index in [4.69, 9.17) is 5.26 Å². The number of rotatable bonds is 0. The number of halogens is 2. The lowest BCUT2D eigenvalue weighted by atomic mass is 10.2. The van der Waals surface area contributed by atoms with E-state index >= 15 is 0 Å². The third kappa shape index (κ3) is 1.32. The van der Waals surface area contributed by atoms with Gasteiger partial charge in [0.2, 0.25) is 0 Å². The van der Waals surface area contributed by atoms with E-state index in [0.29, 0.717) is 10.9 Å². The van der Waals surface area contributed by atoms with Gasteiger partial charge in [0.15, 0.2) is 0 Å². The molecule has 64 valence electrons. The zero-order chi connectivity index (χ0) is 9.42. The van der Waals surface area contributed by atoms with Gasteiger partial charge in [-0.1, -0.05) is 6.07 Å². The molecule has 0 amide bonds. The van der Waals surface area contributed by atoms with E-state index in [1.807, 2.05) is 12.1 Å². The molecule has 0 aliphatic heterocycles. The minimum Gasteiger partial charge on any atom is -0.206 e. The van der Waals surface area contributed by atoms with Crippen molar-refractivity contribution in [1.82, 2.24) is 0 Å². The summed E-state index contributed by atoms with van der Waals surface area (Å²) in [5.41, 5.74) is 0.457. The lowest BCUT2D eigenvalue weighted by Gasteiger charge is -1.90. The minimum atomic E-state index is -0.312. The van der Waals surface area contributed by atoms with Crippen molar-refractivity contribution in [3.05, 3.63) is 32.5 Å². The molecule has 0 saturated carbocycles. The maximum atomic E-state index is 13.3. The molecule has 13 heavy (non-hydrogen) atoms. The van der Waals surface area contributed by atoms with E-state index in [2.05, 4.69) is 22.6 Å². The maximum absolute atomic E-state index is 13.3. The van der Waals surface area contributed by atoms with Crippen LogP contribution in [0, 0.1) is 20.0 Å². The number of hydrogen-bond donors (Lipinski definition) is 0.